The van der Waals surface area contributed by atoms with Crippen LogP contribution < -0.4 is 0 Å². The number of hydrogen-bond donors (Lipinski definition) is 1. The molecule has 2 spiro atoms. The second-order valence-electron chi connectivity index (χ2n) is 15.2. The number of rotatable bonds is 4. The Morgan fingerprint density at radius 2 is 1.79 bits per heavy atom. The lowest BCUT2D eigenvalue weighted by molar-refractivity contribution is -0.140. The summed E-state index contributed by atoms with van der Waals surface area (Å²) < 4.78 is 6.92. The number of fused-ring (bicyclic) bond motifs is 4. The van der Waals surface area contributed by atoms with E-state index in [4.69, 9.17) is 4.74 Å². The fourth-order valence-electron chi connectivity index (χ4n) is 11.7. The summed E-state index contributed by atoms with van der Waals surface area (Å²) in [6.07, 6.45) is 16.6. The van der Waals surface area contributed by atoms with Crippen LogP contribution in [-0.4, -0.2) is 45.8 Å². The number of pyridine rings is 1. The van der Waals surface area contributed by atoms with E-state index in [0.717, 1.165) is 30.2 Å². The smallest absolute Gasteiger partial charge is 0.219 e. The molecule has 5 nitrogen and oxygen atoms in total. The highest BCUT2D eigenvalue weighted by atomic mass is 16.5. The first-order chi connectivity index (χ1) is 18.1. The van der Waals surface area contributed by atoms with Crippen LogP contribution in [0.2, 0.25) is 0 Å². The molecule has 6 fully saturated rings. The Balaban J connectivity index is 0.00000277. The van der Waals surface area contributed by atoms with Gasteiger partial charge in [0.25, 0.3) is 0 Å². The van der Waals surface area contributed by atoms with Crippen molar-refractivity contribution in [2.24, 2.45) is 45.3 Å². The summed E-state index contributed by atoms with van der Waals surface area (Å²) >= 11 is 0. The van der Waals surface area contributed by atoms with Gasteiger partial charge in [-0.2, -0.15) is 0 Å². The zero-order valence-corrected chi connectivity index (χ0v) is 24.0. The molecule has 2 heterocycles. The van der Waals surface area contributed by atoms with E-state index in [9.17, 15) is 9.90 Å². The Kier molecular flexibility index (Phi) is 5.72. The van der Waals surface area contributed by atoms with Gasteiger partial charge < -0.3 is 14.7 Å². The standard InChI is InChI=1S/C33H48N2O3.H2/c1-21(36)35(18-22-10-15-34-16-11-22)19-23-5-6-25-27(38-23)17-26-24-7-8-28-30(2,3)29(37)9-12-33(28)20-32(24,33)14-13-31(25,26)4;/h10-11,15-16,23-29,37H,5-9,12-14,17-20H2,1-4H3;1H/t23?,24?,25?,26?,27?,28?,29-,31?,32-,33?;/m0./s1. The number of ether oxygens (including phenoxy) is 1. The highest BCUT2D eigenvalue weighted by molar-refractivity contribution is 5.73. The number of carbonyl (C=O) groups is 1. The van der Waals surface area contributed by atoms with Crippen molar-refractivity contribution in [3.63, 3.8) is 0 Å². The summed E-state index contributed by atoms with van der Waals surface area (Å²) in [5.74, 6) is 3.11. The minimum Gasteiger partial charge on any atom is -0.393 e. The summed E-state index contributed by atoms with van der Waals surface area (Å²) in [6.45, 7) is 10.4. The van der Waals surface area contributed by atoms with E-state index < -0.39 is 0 Å². The van der Waals surface area contributed by atoms with Crippen LogP contribution in [0.5, 0.6) is 0 Å². The van der Waals surface area contributed by atoms with Gasteiger partial charge in [-0.15, -0.1) is 0 Å². The number of hydrogen-bond acceptors (Lipinski definition) is 4. The third-order valence-electron chi connectivity index (χ3n) is 13.6. The molecule has 1 saturated heterocycles. The van der Waals surface area contributed by atoms with Gasteiger partial charge in [0.2, 0.25) is 5.91 Å². The second-order valence-corrected chi connectivity index (χ2v) is 15.2. The minimum absolute atomic E-state index is 0. The van der Waals surface area contributed by atoms with Gasteiger partial charge in [0, 0.05) is 33.8 Å². The van der Waals surface area contributed by atoms with Crippen LogP contribution in [0.4, 0.5) is 0 Å². The molecule has 6 aliphatic rings. The Morgan fingerprint density at radius 3 is 2.55 bits per heavy atom. The third-order valence-corrected chi connectivity index (χ3v) is 13.6. The third kappa shape index (κ3) is 3.42. The zero-order valence-electron chi connectivity index (χ0n) is 24.0. The highest BCUT2D eigenvalue weighted by Crippen LogP contribution is 2.87. The van der Waals surface area contributed by atoms with Crippen LogP contribution in [0.25, 0.3) is 0 Å². The molecule has 0 radical (unpaired) electrons. The number of aromatic nitrogens is 1. The molecule has 1 N–H and O–H groups in total. The van der Waals surface area contributed by atoms with Gasteiger partial charge >= 0.3 is 0 Å². The van der Waals surface area contributed by atoms with Crippen LogP contribution in [0.3, 0.4) is 0 Å². The second kappa shape index (κ2) is 8.52. The van der Waals surface area contributed by atoms with Crippen LogP contribution in [-0.2, 0) is 16.1 Å². The normalized spacial score (nSPS) is 48.1. The van der Waals surface area contributed by atoms with E-state index in [0.29, 0.717) is 47.3 Å². The monoisotopic (exact) mass is 522 g/mol. The summed E-state index contributed by atoms with van der Waals surface area (Å²) in [5.41, 5.74) is 2.64. The molecule has 5 saturated carbocycles. The molecule has 5 heteroatoms. The van der Waals surface area contributed by atoms with Crippen molar-refractivity contribution >= 4 is 5.91 Å². The van der Waals surface area contributed by atoms with Crippen LogP contribution in [0.1, 0.15) is 98.9 Å². The number of carbonyl (C=O) groups excluding carboxylic acids is 1. The Hall–Kier alpha value is -1.46. The lowest BCUT2D eigenvalue weighted by Crippen LogP contribution is -2.54. The number of aliphatic hydroxyl groups excluding tert-OH is 1. The average Bonchev–Trinajstić information content (AvgIpc) is 3.47. The molecule has 1 aliphatic heterocycles. The molecule has 1 aromatic rings. The number of amides is 1. The topological polar surface area (TPSA) is 62.7 Å². The quantitative estimate of drug-likeness (QED) is 0.508. The van der Waals surface area contributed by atoms with Crippen molar-refractivity contribution < 1.29 is 16.1 Å². The largest absolute Gasteiger partial charge is 0.393 e. The molecule has 0 bridgehead atoms. The molecule has 10 atom stereocenters. The van der Waals surface area contributed by atoms with Gasteiger partial charge in [-0.05, 0) is 127 Å². The molecular formula is C33H50N2O3. The SMILES string of the molecule is CC(=O)N(Cc1ccncc1)CC1CCC2C(CC3C4CCC5C(C)(C)[C@@H](O)CCC56C[C@@]46CCC23C)O1.[HH]. The summed E-state index contributed by atoms with van der Waals surface area (Å²) in [7, 11) is 0. The van der Waals surface area contributed by atoms with Crippen LogP contribution in [0, 0.1) is 45.3 Å². The highest BCUT2D eigenvalue weighted by Gasteiger charge is 2.80. The molecule has 1 aromatic heterocycles. The van der Waals surface area contributed by atoms with Crippen LogP contribution >= 0.6 is 0 Å². The lowest BCUT2D eigenvalue weighted by Gasteiger charge is -2.59. The fraction of sp³-hybridized carbons (Fsp3) is 0.818. The van der Waals surface area contributed by atoms with Crippen molar-refractivity contribution in [2.75, 3.05) is 6.54 Å². The predicted molar refractivity (Wildman–Crippen MR) is 149 cm³/mol. The number of aliphatic hydroxyl groups is 1. The molecule has 1 amide bonds. The lowest BCUT2D eigenvalue weighted by atomic mass is 9.46. The van der Waals surface area contributed by atoms with Crippen molar-refractivity contribution in [3.05, 3.63) is 30.1 Å². The zero-order chi connectivity index (χ0) is 26.5. The van der Waals surface area contributed by atoms with E-state index in [1.807, 2.05) is 17.0 Å². The van der Waals surface area contributed by atoms with Gasteiger partial charge in [-0.25, -0.2) is 0 Å². The summed E-state index contributed by atoms with van der Waals surface area (Å²) in [5, 5.41) is 10.9. The van der Waals surface area contributed by atoms with E-state index >= 15 is 0 Å². The van der Waals surface area contributed by atoms with E-state index in [2.05, 4.69) is 25.8 Å². The minimum atomic E-state index is -0.131. The maximum Gasteiger partial charge on any atom is 0.219 e. The molecule has 0 aromatic carbocycles. The molecule has 210 valence electrons. The Labute approximate surface area is 230 Å². The molecule has 8 unspecified atom stereocenters. The number of nitrogens with zero attached hydrogens (tertiary/aromatic N) is 2. The summed E-state index contributed by atoms with van der Waals surface area (Å²) in [4.78, 5) is 18.6. The van der Waals surface area contributed by atoms with Crippen LogP contribution in [0.15, 0.2) is 24.5 Å². The first kappa shape index (κ1) is 25.5. The fourth-order valence-corrected chi connectivity index (χ4v) is 11.7. The molecular weight excluding hydrogens is 472 g/mol. The Bertz CT molecular complexity index is 1100. The first-order valence-electron chi connectivity index (χ1n) is 15.6. The van der Waals surface area contributed by atoms with Crippen molar-refractivity contribution in [1.82, 2.24) is 9.88 Å². The first-order valence-corrected chi connectivity index (χ1v) is 15.6. The summed E-state index contributed by atoms with van der Waals surface area (Å²) in [6, 6.07) is 4.00. The van der Waals surface area contributed by atoms with E-state index in [1.54, 1.807) is 19.3 Å². The van der Waals surface area contributed by atoms with E-state index in [-0.39, 0.29) is 25.0 Å². The Morgan fingerprint density at radius 1 is 1.03 bits per heavy atom. The molecule has 7 rings (SSSR count). The predicted octanol–water partition coefficient (Wildman–Crippen LogP) is 6.24. The van der Waals surface area contributed by atoms with Gasteiger partial charge in [0.1, 0.15) is 0 Å². The van der Waals surface area contributed by atoms with Crippen molar-refractivity contribution in [1.29, 1.82) is 0 Å². The van der Waals surface area contributed by atoms with Gasteiger partial charge in [-0.3, -0.25) is 9.78 Å². The molecule has 38 heavy (non-hydrogen) atoms. The van der Waals surface area contributed by atoms with Gasteiger partial charge in [0.15, 0.2) is 0 Å². The van der Waals surface area contributed by atoms with Gasteiger partial charge in [-0.1, -0.05) is 20.8 Å². The van der Waals surface area contributed by atoms with Crippen molar-refractivity contribution in [3.8, 4) is 0 Å². The average molecular weight is 523 g/mol. The maximum atomic E-state index is 12.5. The van der Waals surface area contributed by atoms with Crippen molar-refractivity contribution in [2.45, 2.75) is 117 Å². The van der Waals surface area contributed by atoms with E-state index in [1.165, 1.54) is 51.4 Å². The molecule has 5 aliphatic carbocycles. The maximum absolute atomic E-state index is 12.5. The van der Waals surface area contributed by atoms with Gasteiger partial charge in [0.05, 0.1) is 18.3 Å².